The van der Waals surface area contributed by atoms with E-state index in [1.54, 1.807) is 12.1 Å². The molecule has 1 heterocycles. The number of carbonyl (C=O) groups excluding carboxylic acids is 2. The fraction of sp³-hybridized carbons (Fsp3) is 0.385. The highest BCUT2D eigenvalue weighted by Gasteiger charge is 2.37. The molecule has 2 rings (SSSR count). The van der Waals surface area contributed by atoms with E-state index in [1.165, 1.54) is 4.90 Å². The first-order valence-corrected chi connectivity index (χ1v) is 6.98. The van der Waals surface area contributed by atoms with Gasteiger partial charge in [-0.15, -0.1) is 0 Å². The maximum Gasteiger partial charge on any atom is 0.325 e. The van der Waals surface area contributed by atoms with Gasteiger partial charge >= 0.3 is 6.03 Å². The maximum atomic E-state index is 12.1. The Kier molecular flexibility index (Phi) is 4.09. The van der Waals surface area contributed by atoms with E-state index in [4.69, 9.17) is 5.73 Å². The van der Waals surface area contributed by atoms with Gasteiger partial charge in [0.25, 0.3) is 5.91 Å². The van der Waals surface area contributed by atoms with E-state index in [0.717, 1.165) is 16.5 Å². The number of nitrogens with two attached hydrogens (primary N) is 1. The van der Waals surface area contributed by atoms with Gasteiger partial charge in [-0.3, -0.25) is 9.69 Å². The van der Waals surface area contributed by atoms with Crippen molar-refractivity contribution in [2.75, 3.05) is 5.73 Å². The predicted molar refractivity (Wildman–Crippen MR) is 76.3 cm³/mol. The minimum Gasteiger partial charge on any atom is -0.399 e. The Morgan fingerprint density at radius 1 is 1.42 bits per heavy atom. The van der Waals surface area contributed by atoms with Crippen LogP contribution in [0.3, 0.4) is 0 Å². The van der Waals surface area contributed by atoms with Crippen LogP contribution in [-0.2, 0) is 11.3 Å². The summed E-state index contributed by atoms with van der Waals surface area (Å²) < 4.78 is 0.798. The van der Waals surface area contributed by atoms with Gasteiger partial charge in [0.15, 0.2) is 0 Å². The third kappa shape index (κ3) is 2.89. The van der Waals surface area contributed by atoms with Crippen molar-refractivity contribution in [3.05, 3.63) is 28.2 Å². The monoisotopic (exact) mass is 325 g/mol. The molecule has 1 aromatic rings. The third-order valence-corrected chi connectivity index (χ3v) is 3.83. The highest BCUT2D eigenvalue weighted by atomic mass is 79.9. The Hall–Kier alpha value is -1.56. The Labute approximate surface area is 120 Å². The van der Waals surface area contributed by atoms with Crippen molar-refractivity contribution in [3.8, 4) is 0 Å². The van der Waals surface area contributed by atoms with E-state index >= 15 is 0 Å². The average Bonchev–Trinajstić information content (AvgIpc) is 2.60. The molecule has 0 saturated carbocycles. The smallest absolute Gasteiger partial charge is 0.325 e. The van der Waals surface area contributed by atoms with Gasteiger partial charge in [0.1, 0.15) is 6.04 Å². The fourth-order valence-corrected chi connectivity index (χ4v) is 2.59. The number of carbonyl (C=O) groups is 2. The van der Waals surface area contributed by atoms with Crippen LogP contribution in [-0.4, -0.2) is 22.9 Å². The molecule has 6 heteroatoms. The van der Waals surface area contributed by atoms with Gasteiger partial charge in [-0.1, -0.05) is 35.3 Å². The first-order valence-electron chi connectivity index (χ1n) is 6.18. The number of nitrogen functional groups attached to an aromatic ring is 1. The summed E-state index contributed by atoms with van der Waals surface area (Å²) in [5.74, 6) is -0.157. The van der Waals surface area contributed by atoms with Crippen LogP contribution in [0.15, 0.2) is 22.7 Å². The molecule has 1 fully saturated rings. The molecule has 1 saturated heterocycles. The van der Waals surface area contributed by atoms with Crippen LogP contribution < -0.4 is 11.1 Å². The van der Waals surface area contributed by atoms with Crippen LogP contribution in [0.4, 0.5) is 10.5 Å². The van der Waals surface area contributed by atoms with Gasteiger partial charge in [0.05, 0.1) is 6.54 Å². The molecule has 19 heavy (non-hydrogen) atoms. The number of amides is 3. The quantitative estimate of drug-likeness (QED) is 0.658. The maximum absolute atomic E-state index is 12.1. The van der Waals surface area contributed by atoms with Crippen LogP contribution >= 0.6 is 15.9 Å². The number of urea groups is 1. The standard InChI is InChI=1S/C13H16BrN3O2/c1-2-3-11-12(18)17(13(19)16-11)7-8-4-5-9(15)6-10(8)14/h4-6,11H,2-3,7,15H2,1H3,(H,16,19). The number of benzene rings is 1. The first kappa shape index (κ1) is 13.9. The van der Waals surface area contributed by atoms with Gasteiger partial charge in [0.2, 0.25) is 0 Å². The number of rotatable bonds is 4. The van der Waals surface area contributed by atoms with Crippen molar-refractivity contribution >= 4 is 33.6 Å². The number of imide groups is 1. The zero-order valence-electron chi connectivity index (χ0n) is 10.6. The molecule has 0 radical (unpaired) electrons. The summed E-state index contributed by atoms with van der Waals surface area (Å²) >= 11 is 3.39. The molecule has 1 aliphatic heterocycles. The lowest BCUT2D eigenvalue weighted by atomic mass is 10.1. The zero-order valence-corrected chi connectivity index (χ0v) is 12.2. The zero-order chi connectivity index (χ0) is 14.0. The molecule has 0 spiro atoms. The highest BCUT2D eigenvalue weighted by molar-refractivity contribution is 9.10. The van der Waals surface area contributed by atoms with E-state index in [0.29, 0.717) is 12.1 Å². The number of nitrogens with zero attached hydrogens (tertiary/aromatic N) is 1. The minimum atomic E-state index is -0.384. The summed E-state index contributed by atoms with van der Waals surface area (Å²) in [4.78, 5) is 25.1. The largest absolute Gasteiger partial charge is 0.399 e. The molecule has 0 aromatic heterocycles. The van der Waals surface area contributed by atoms with E-state index in [2.05, 4.69) is 21.2 Å². The molecule has 3 amide bonds. The van der Waals surface area contributed by atoms with E-state index in [9.17, 15) is 9.59 Å². The summed E-state index contributed by atoms with van der Waals surface area (Å²) in [6.45, 7) is 2.24. The van der Waals surface area contributed by atoms with Crippen molar-refractivity contribution in [1.82, 2.24) is 10.2 Å². The molecule has 1 unspecified atom stereocenters. The van der Waals surface area contributed by atoms with Gasteiger partial charge in [-0.05, 0) is 24.1 Å². The molecule has 0 bridgehead atoms. The van der Waals surface area contributed by atoms with Crippen molar-refractivity contribution in [2.45, 2.75) is 32.4 Å². The van der Waals surface area contributed by atoms with E-state index < -0.39 is 0 Å². The van der Waals surface area contributed by atoms with Crippen LogP contribution in [0.1, 0.15) is 25.3 Å². The Morgan fingerprint density at radius 3 is 2.79 bits per heavy atom. The number of nitrogens with one attached hydrogen (secondary N) is 1. The molecule has 1 aliphatic rings. The number of hydrogen-bond acceptors (Lipinski definition) is 3. The Bertz CT molecular complexity index is 519. The first-order chi connectivity index (χ1) is 9.02. The second-order valence-electron chi connectivity index (χ2n) is 4.57. The lowest BCUT2D eigenvalue weighted by molar-refractivity contribution is -0.128. The van der Waals surface area contributed by atoms with Crippen LogP contribution in [0.2, 0.25) is 0 Å². The topological polar surface area (TPSA) is 75.4 Å². The van der Waals surface area contributed by atoms with Crippen molar-refractivity contribution in [1.29, 1.82) is 0 Å². The van der Waals surface area contributed by atoms with E-state index in [1.807, 2.05) is 13.0 Å². The second-order valence-corrected chi connectivity index (χ2v) is 5.42. The fourth-order valence-electron chi connectivity index (χ4n) is 2.07. The van der Waals surface area contributed by atoms with Gasteiger partial charge in [-0.2, -0.15) is 0 Å². The number of hydrogen-bond donors (Lipinski definition) is 2. The average molecular weight is 326 g/mol. The summed E-state index contributed by atoms with van der Waals surface area (Å²) in [6.07, 6.45) is 1.53. The summed E-state index contributed by atoms with van der Waals surface area (Å²) in [7, 11) is 0. The number of anilines is 1. The molecule has 0 aliphatic carbocycles. The summed E-state index contributed by atoms with van der Waals surface area (Å²) in [5.41, 5.74) is 7.15. The van der Waals surface area contributed by atoms with Gasteiger partial charge in [0, 0.05) is 10.2 Å². The van der Waals surface area contributed by atoms with Crippen LogP contribution in [0, 0.1) is 0 Å². The molecule has 1 aromatic carbocycles. The highest BCUT2D eigenvalue weighted by Crippen LogP contribution is 2.23. The predicted octanol–water partition coefficient (Wildman–Crippen LogP) is 2.25. The van der Waals surface area contributed by atoms with Gasteiger partial charge in [-0.25, -0.2) is 4.79 Å². The second kappa shape index (κ2) is 5.61. The SMILES string of the molecule is CCCC1NC(=O)N(Cc2ccc(N)cc2Br)C1=O. The minimum absolute atomic E-state index is 0.157. The van der Waals surface area contributed by atoms with E-state index in [-0.39, 0.29) is 24.5 Å². The number of halogens is 1. The van der Waals surface area contributed by atoms with Crippen LogP contribution in [0.5, 0.6) is 0 Å². The van der Waals surface area contributed by atoms with Crippen LogP contribution in [0.25, 0.3) is 0 Å². The Morgan fingerprint density at radius 2 is 2.16 bits per heavy atom. The molecular weight excluding hydrogens is 310 g/mol. The van der Waals surface area contributed by atoms with Crippen molar-refractivity contribution in [2.24, 2.45) is 0 Å². The normalized spacial score (nSPS) is 18.8. The summed E-state index contributed by atoms with van der Waals surface area (Å²) in [6, 6.07) is 4.62. The molecule has 102 valence electrons. The lowest BCUT2D eigenvalue weighted by Gasteiger charge is -2.14. The van der Waals surface area contributed by atoms with Crippen molar-refractivity contribution < 1.29 is 9.59 Å². The molecule has 5 nitrogen and oxygen atoms in total. The molecule has 1 atom stereocenters. The molecule has 3 N–H and O–H groups in total. The van der Waals surface area contributed by atoms with Gasteiger partial charge < -0.3 is 11.1 Å². The Balaban J connectivity index is 2.14. The third-order valence-electron chi connectivity index (χ3n) is 3.09. The lowest BCUT2D eigenvalue weighted by Crippen LogP contribution is -2.31. The molecular formula is C13H16BrN3O2. The van der Waals surface area contributed by atoms with Crippen molar-refractivity contribution in [3.63, 3.8) is 0 Å². The summed E-state index contributed by atoms with van der Waals surface area (Å²) in [5, 5.41) is 2.70.